The molecule has 0 aliphatic carbocycles. The molecule has 0 aliphatic rings. The highest BCUT2D eigenvalue weighted by Gasteiger charge is 2.30. The van der Waals surface area contributed by atoms with Gasteiger partial charge in [-0.3, -0.25) is 9.59 Å². The zero-order valence-corrected chi connectivity index (χ0v) is 13.8. The van der Waals surface area contributed by atoms with Crippen molar-refractivity contribution >= 4 is 23.6 Å². The summed E-state index contributed by atoms with van der Waals surface area (Å²) in [6, 6.07) is 0. The van der Waals surface area contributed by atoms with Crippen molar-refractivity contribution in [2.75, 3.05) is 0 Å². The Balaban J connectivity index is 5.27. The lowest BCUT2D eigenvalue weighted by Crippen LogP contribution is -2.33. The van der Waals surface area contributed by atoms with Crippen LogP contribution in [0.3, 0.4) is 0 Å². The Hall–Kier alpha value is -2.52. The molecular formula is C14H26N4O6. The smallest absolute Gasteiger partial charge is 0.306 e. The number of hydrogen-bond donors (Lipinski definition) is 6. The van der Waals surface area contributed by atoms with Gasteiger partial charge in [0, 0.05) is 11.8 Å². The van der Waals surface area contributed by atoms with Gasteiger partial charge in [-0.25, -0.2) is 0 Å². The third kappa shape index (κ3) is 6.71. The number of nitrogens with two attached hydrogens (primary N) is 2. The minimum atomic E-state index is -1.11. The Kier molecular flexibility index (Phi) is 9.21. The van der Waals surface area contributed by atoms with Gasteiger partial charge >= 0.3 is 11.9 Å². The van der Waals surface area contributed by atoms with Crippen LogP contribution in [0.5, 0.6) is 0 Å². The number of rotatable bonds is 11. The van der Waals surface area contributed by atoms with Gasteiger partial charge in [-0.15, -0.1) is 0 Å². The number of carbonyl (C=O) groups is 2. The molecule has 4 unspecified atom stereocenters. The van der Waals surface area contributed by atoms with Crippen molar-refractivity contribution in [3.8, 4) is 0 Å². The molecule has 0 amide bonds. The van der Waals surface area contributed by atoms with Gasteiger partial charge in [0.25, 0.3) is 0 Å². The molecule has 0 spiro atoms. The summed E-state index contributed by atoms with van der Waals surface area (Å²) in [6.07, 6.45) is 0.589. The minimum Gasteiger partial charge on any atom is -0.481 e. The maximum absolute atomic E-state index is 11.5. The van der Waals surface area contributed by atoms with E-state index in [4.69, 9.17) is 27.0 Å². The molecule has 24 heavy (non-hydrogen) atoms. The van der Waals surface area contributed by atoms with E-state index < -0.39 is 35.6 Å². The van der Waals surface area contributed by atoms with Crippen LogP contribution in [0.4, 0.5) is 0 Å². The van der Waals surface area contributed by atoms with Crippen LogP contribution < -0.4 is 11.5 Å². The molecule has 0 aliphatic heterocycles. The summed E-state index contributed by atoms with van der Waals surface area (Å²) >= 11 is 0. The van der Waals surface area contributed by atoms with E-state index in [0.29, 0.717) is 6.42 Å². The first-order valence-electron chi connectivity index (χ1n) is 7.58. The van der Waals surface area contributed by atoms with Gasteiger partial charge in [0.15, 0.2) is 0 Å². The molecule has 0 bridgehead atoms. The summed E-state index contributed by atoms with van der Waals surface area (Å²) in [6.45, 7) is 3.23. The fraction of sp³-hybridized carbons (Fsp3) is 0.714. The highest BCUT2D eigenvalue weighted by Crippen LogP contribution is 2.27. The van der Waals surface area contributed by atoms with E-state index in [2.05, 4.69) is 10.3 Å². The monoisotopic (exact) mass is 346 g/mol. The van der Waals surface area contributed by atoms with Crippen LogP contribution in [0.25, 0.3) is 0 Å². The van der Waals surface area contributed by atoms with Gasteiger partial charge < -0.3 is 32.1 Å². The molecule has 0 saturated heterocycles. The standard InChI is InChI=1S/C14H26N4O6/c1-3-8(11(15)17-23)5-10(14(21)22)6-9(12(16)18-24)4-7(2)13(19)20/h7-10,23-24H,3-6H2,1-2H3,(H2,15,17)(H2,16,18)(H,19,20)(H,21,22). The van der Waals surface area contributed by atoms with Crippen molar-refractivity contribution in [2.45, 2.75) is 39.5 Å². The molecule has 0 rings (SSSR count). The Bertz CT molecular complexity index is 494. The van der Waals surface area contributed by atoms with Crippen LogP contribution in [-0.2, 0) is 9.59 Å². The zero-order valence-electron chi connectivity index (χ0n) is 13.8. The molecule has 0 heterocycles. The maximum Gasteiger partial charge on any atom is 0.306 e. The van der Waals surface area contributed by atoms with Crippen molar-refractivity contribution in [3.63, 3.8) is 0 Å². The average Bonchev–Trinajstić information content (AvgIpc) is 2.55. The van der Waals surface area contributed by atoms with Crippen LogP contribution >= 0.6 is 0 Å². The number of aliphatic carboxylic acids is 2. The maximum atomic E-state index is 11.5. The van der Waals surface area contributed by atoms with Gasteiger partial charge in [-0.2, -0.15) is 0 Å². The largest absolute Gasteiger partial charge is 0.481 e. The lowest BCUT2D eigenvalue weighted by molar-refractivity contribution is -0.142. The number of oxime groups is 2. The molecule has 4 atom stereocenters. The molecule has 0 aromatic carbocycles. The van der Waals surface area contributed by atoms with Gasteiger partial charge in [0.05, 0.1) is 11.8 Å². The fourth-order valence-corrected chi connectivity index (χ4v) is 2.51. The van der Waals surface area contributed by atoms with Crippen molar-refractivity contribution in [2.24, 2.45) is 45.5 Å². The predicted molar refractivity (Wildman–Crippen MR) is 85.9 cm³/mol. The van der Waals surface area contributed by atoms with Crippen LogP contribution in [0.2, 0.25) is 0 Å². The minimum absolute atomic E-state index is 0.0158. The van der Waals surface area contributed by atoms with E-state index in [1.54, 1.807) is 6.92 Å². The summed E-state index contributed by atoms with van der Waals surface area (Å²) in [4.78, 5) is 22.5. The van der Waals surface area contributed by atoms with E-state index in [-0.39, 0.29) is 30.9 Å². The van der Waals surface area contributed by atoms with Gasteiger partial charge in [0.2, 0.25) is 0 Å². The van der Waals surface area contributed by atoms with Gasteiger partial charge in [0.1, 0.15) is 11.7 Å². The highest BCUT2D eigenvalue weighted by atomic mass is 16.4. The van der Waals surface area contributed by atoms with Crippen molar-refractivity contribution < 1.29 is 30.2 Å². The van der Waals surface area contributed by atoms with E-state index in [0.717, 1.165) is 0 Å². The Morgan fingerprint density at radius 2 is 1.33 bits per heavy atom. The summed E-state index contributed by atoms with van der Waals surface area (Å²) in [7, 11) is 0. The second-order valence-electron chi connectivity index (χ2n) is 5.83. The summed E-state index contributed by atoms with van der Waals surface area (Å²) in [5.41, 5.74) is 11.1. The van der Waals surface area contributed by atoms with Gasteiger partial charge in [-0.1, -0.05) is 24.2 Å². The average molecular weight is 346 g/mol. The van der Waals surface area contributed by atoms with Crippen molar-refractivity contribution in [1.82, 2.24) is 0 Å². The zero-order chi connectivity index (χ0) is 18.9. The molecular weight excluding hydrogens is 320 g/mol. The third-order valence-corrected chi connectivity index (χ3v) is 4.11. The second-order valence-corrected chi connectivity index (χ2v) is 5.83. The predicted octanol–water partition coefficient (Wildman–Crippen LogP) is 0.713. The molecule has 0 fully saturated rings. The Labute approximate surface area is 139 Å². The van der Waals surface area contributed by atoms with Crippen LogP contribution in [0.15, 0.2) is 10.3 Å². The lowest BCUT2D eigenvalue weighted by Gasteiger charge is -2.24. The number of amidine groups is 2. The summed E-state index contributed by atoms with van der Waals surface area (Å²) in [5, 5.41) is 41.8. The highest BCUT2D eigenvalue weighted by molar-refractivity contribution is 5.84. The van der Waals surface area contributed by atoms with Crippen LogP contribution in [0, 0.1) is 23.7 Å². The lowest BCUT2D eigenvalue weighted by atomic mass is 9.82. The first-order chi connectivity index (χ1) is 11.2. The van der Waals surface area contributed by atoms with Crippen LogP contribution in [0.1, 0.15) is 39.5 Å². The van der Waals surface area contributed by atoms with Crippen molar-refractivity contribution in [1.29, 1.82) is 0 Å². The number of carboxylic acids is 2. The number of hydrogen-bond acceptors (Lipinski definition) is 6. The first kappa shape index (κ1) is 21.5. The van der Waals surface area contributed by atoms with E-state index in [9.17, 15) is 14.7 Å². The molecule has 0 radical (unpaired) electrons. The van der Waals surface area contributed by atoms with E-state index in [1.807, 2.05) is 0 Å². The normalized spacial score (nSPS) is 17.8. The molecule has 10 nitrogen and oxygen atoms in total. The summed E-state index contributed by atoms with van der Waals surface area (Å²) < 4.78 is 0. The molecule has 8 N–H and O–H groups in total. The quantitative estimate of drug-likeness (QED) is 0.136. The van der Waals surface area contributed by atoms with Crippen molar-refractivity contribution in [3.05, 3.63) is 0 Å². The summed E-state index contributed by atoms with van der Waals surface area (Å²) in [5.74, 6) is -5.31. The van der Waals surface area contributed by atoms with E-state index >= 15 is 0 Å². The Morgan fingerprint density at radius 3 is 1.71 bits per heavy atom. The fourth-order valence-electron chi connectivity index (χ4n) is 2.51. The Morgan fingerprint density at radius 1 is 0.875 bits per heavy atom. The number of carboxylic acid groups (broad SMARTS) is 2. The van der Waals surface area contributed by atoms with Gasteiger partial charge in [-0.05, 0) is 25.7 Å². The topological polar surface area (TPSA) is 192 Å². The molecule has 138 valence electrons. The molecule has 0 aromatic rings. The van der Waals surface area contributed by atoms with E-state index in [1.165, 1.54) is 6.92 Å². The first-order valence-corrected chi connectivity index (χ1v) is 7.58. The van der Waals surface area contributed by atoms with Crippen LogP contribution in [-0.4, -0.2) is 44.2 Å². The second kappa shape index (κ2) is 10.3. The molecule has 0 saturated carbocycles. The molecule has 10 heteroatoms. The SMILES string of the molecule is CCC(CC(CC(CC(C)C(=O)O)/C(N)=N/O)C(=O)O)/C(N)=N/O. The third-order valence-electron chi connectivity index (χ3n) is 4.11. The molecule has 0 aromatic heterocycles. The number of nitrogens with zero attached hydrogens (tertiary/aromatic N) is 2.